The van der Waals surface area contributed by atoms with Gasteiger partial charge in [0.2, 0.25) is 5.91 Å². The normalized spacial score (nSPS) is 25.3. The molecule has 0 radical (unpaired) electrons. The molecule has 2 unspecified atom stereocenters. The van der Waals surface area contributed by atoms with Crippen LogP contribution in [0.4, 0.5) is 9.18 Å². The Balaban J connectivity index is 1.06. The van der Waals surface area contributed by atoms with Crippen molar-refractivity contribution in [3.63, 3.8) is 0 Å². The van der Waals surface area contributed by atoms with Gasteiger partial charge in [0.05, 0.1) is 11.0 Å². The third-order valence-corrected chi connectivity index (χ3v) is 12.1. The number of fused-ring (bicyclic) bond motifs is 3. The molecule has 3 saturated heterocycles. The molecule has 3 aliphatic heterocycles. The van der Waals surface area contributed by atoms with Gasteiger partial charge in [-0.1, -0.05) is 43.5 Å². The smallest absolute Gasteiger partial charge is 0.408 e. The highest BCUT2D eigenvalue weighted by Crippen LogP contribution is 2.45. The maximum atomic E-state index is 14.7. The molecule has 2 bridgehead atoms. The number of hydrogen-bond donors (Lipinski definition) is 1. The van der Waals surface area contributed by atoms with Crippen LogP contribution in [0, 0.1) is 12.7 Å². The molecule has 7 rings (SSSR count). The number of carbonyl (C=O) groups excluding carboxylic acids is 2. The number of halogens is 1. The fourth-order valence-corrected chi connectivity index (χ4v) is 9.78. The fraction of sp³-hybridized carbons (Fsp3) is 0.625. The van der Waals surface area contributed by atoms with Crippen LogP contribution in [0.3, 0.4) is 0 Å². The molecule has 1 aromatic heterocycles. The lowest BCUT2D eigenvalue weighted by atomic mass is 9.69. The van der Waals surface area contributed by atoms with Gasteiger partial charge in [-0.3, -0.25) is 9.69 Å². The summed E-state index contributed by atoms with van der Waals surface area (Å²) in [5.41, 5.74) is 1.57. The number of rotatable bonds is 7. The molecule has 4 fully saturated rings. The first-order valence-electron chi connectivity index (χ1n) is 18.7. The molecule has 8 nitrogen and oxygen atoms in total. The van der Waals surface area contributed by atoms with E-state index in [0.717, 1.165) is 74.8 Å². The zero-order valence-electron chi connectivity index (χ0n) is 29.8. The lowest BCUT2D eigenvalue weighted by Crippen LogP contribution is -2.62. The van der Waals surface area contributed by atoms with Gasteiger partial charge >= 0.3 is 6.09 Å². The van der Waals surface area contributed by atoms with Crippen LogP contribution in [0.25, 0.3) is 11.0 Å². The number of amides is 2. The summed E-state index contributed by atoms with van der Waals surface area (Å²) in [5.74, 6) is 0.900. The van der Waals surface area contributed by atoms with Gasteiger partial charge in [0.15, 0.2) is 0 Å². The molecule has 9 heteroatoms. The van der Waals surface area contributed by atoms with Crippen molar-refractivity contribution in [3.8, 4) is 0 Å². The zero-order chi connectivity index (χ0) is 34.4. The Labute approximate surface area is 290 Å². The number of aromatic nitrogens is 2. The molecule has 2 amide bonds. The monoisotopic (exact) mass is 671 g/mol. The van der Waals surface area contributed by atoms with Crippen LogP contribution < -0.4 is 5.32 Å². The highest BCUT2D eigenvalue weighted by atomic mass is 19.1. The number of para-hydroxylation sites is 2. The van der Waals surface area contributed by atoms with E-state index in [1.165, 1.54) is 24.4 Å². The second kappa shape index (κ2) is 13.3. The Hall–Kier alpha value is -3.46. The average molecular weight is 672 g/mol. The number of nitrogens with zero attached hydrogens (tertiary/aromatic N) is 4. The number of piperidine rings is 2. The van der Waals surface area contributed by atoms with Crippen molar-refractivity contribution in [3.05, 3.63) is 65.7 Å². The minimum atomic E-state index is -0.929. The van der Waals surface area contributed by atoms with Crippen LogP contribution in [0.2, 0.25) is 0 Å². The number of hydrogen-bond acceptors (Lipinski definition) is 5. The molecule has 264 valence electrons. The topological polar surface area (TPSA) is 79.7 Å². The van der Waals surface area contributed by atoms with Crippen molar-refractivity contribution in [2.45, 2.75) is 139 Å². The molecule has 1 aliphatic carbocycles. The molecule has 4 heterocycles. The second-order valence-electron chi connectivity index (χ2n) is 16.4. The first-order valence-corrected chi connectivity index (χ1v) is 18.7. The third-order valence-electron chi connectivity index (χ3n) is 12.1. The number of benzene rings is 2. The van der Waals surface area contributed by atoms with Crippen molar-refractivity contribution in [1.29, 1.82) is 0 Å². The van der Waals surface area contributed by atoms with Gasteiger partial charge in [0.25, 0.3) is 0 Å². The third kappa shape index (κ3) is 6.84. The molecule has 2 aromatic carbocycles. The summed E-state index contributed by atoms with van der Waals surface area (Å²) in [7, 11) is 0. The molecule has 1 N–H and O–H groups in total. The van der Waals surface area contributed by atoms with E-state index in [9.17, 15) is 14.0 Å². The number of nitrogens with one attached hydrogen (secondary N) is 1. The van der Waals surface area contributed by atoms with Crippen molar-refractivity contribution in [2.24, 2.45) is 0 Å². The van der Waals surface area contributed by atoms with E-state index in [-0.39, 0.29) is 17.1 Å². The average Bonchev–Trinajstić information content (AvgIpc) is 3.53. The quantitative estimate of drug-likeness (QED) is 0.277. The van der Waals surface area contributed by atoms with Gasteiger partial charge in [-0.2, -0.15) is 0 Å². The van der Waals surface area contributed by atoms with Crippen LogP contribution in [0.1, 0.15) is 115 Å². The van der Waals surface area contributed by atoms with E-state index in [2.05, 4.69) is 52.0 Å². The van der Waals surface area contributed by atoms with Crippen LogP contribution in [-0.2, 0) is 14.9 Å². The number of imidazole rings is 1. The van der Waals surface area contributed by atoms with Crippen molar-refractivity contribution >= 4 is 23.0 Å². The molecule has 0 spiro atoms. The van der Waals surface area contributed by atoms with E-state index >= 15 is 0 Å². The molecule has 3 aromatic rings. The summed E-state index contributed by atoms with van der Waals surface area (Å²) in [5, 5.41) is 3.04. The van der Waals surface area contributed by atoms with E-state index in [0.29, 0.717) is 44.1 Å². The Kier molecular flexibility index (Phi) is 9.26. The number of alkyl carbamates (subject to hydrolysis) is 1. The van der Waals surface area contributed by atoms with E-state index < -0.39 is 17.2 Å². The van der Waals surface area contributed by atoms with Crippen molar-refractivity contribution in [2.75, 3.05) is 19.6 Å². The lowest BCUT2D eigenvalue weighted by Gasteiger charge is -2.47. The molecular formula is C40H54FN5O3. The molecule has 4 aliphatic rings. The van der Waals surface area contributed by atoms with E-state index in [1.807, 2.05) is 31.7 Å². The second-order valence-corrected chi connectivity index (χ2v) is 16.4. The largest absolute Gasteiger partial charge is 0.444 e. The summed E-state index contributed by atoms with van der Waals surface area (Å²) < 4.78 is 22.8. The minimum absolute atomic E-state index is 0.00772. The van der Waals surface area contributed by atoms with Gasteiger partial charge in [0, 0.05) is 31.2 Å². The van der Waals surface area contributed by atoms with Crippen LogP contribution in [-0.4, -0.2) is 74.2 Å². The number of likely N-dealkylation sites (tertiary alicyclic amines) is 1. The van der Waals surface area contributed by atoms with E-state index in [4.69, 9.17) is 9.72 Å². The van der Waals surface area contributed by atoms with E-state index in [1.54, 1.807) is 6.07 Å². The predicted octanol–water partition coefficient (Wildman–Crippen LogP) is 7.83. The van der Waals surface area contributed by atoms with Crippen molar-refractivity contribution < 1.29 is 18.7 Å². The first kappa shape index (κ1) is 34.0. The summed E-state index contributed by atoms with van der Waals surface area (Å²) in [6.45, 7) is 9.82. The van der Waals surface area contributed by atoms with Crippen LogP contribution >= 0.6 is 0 Å². The lowest BCUT2D eigenvalue weighted by molar-refractivity contribution is -0.141. The van der Waals surface area contributed by atoms with Crippen LogP contribution in [0.15, 0.2) is 48.5 Å². The highest BCUT2D eigenvalue weighted by Gasteiger charge is 2.48. The standard InChI is InChI=1S/C40H54FN5O3/c1-28-42-34-13-6-7-14-35(34)46(28)33-26-31-15-16-32(27-33)45(31)24-21-39(29-11-10-12-30(41)25-29)19-22-44(23-20-39)36(47)40(17-8-5-9-18-40)43-37(48)49-38(2,3)4/h6-7,10-14,25,31-33H,5,8-9,15-24,26-27H2,1-4H3,(H,43,48). The molecular weight excluding hydrogens is 617 g/mol. The summed E-state index contributed by atoms with van der Waals surface area (Å²) in [4.78, 5) is 36.8. The SMILES string of the molecule is Cc1nc2ccccc2n1C1CC2CCC(C1)N2CCC1(c2cccc(F)c2)CCN(C(=O)C2(NC(=O)OC(C)(C)C)CCCCC2)CC1. The van der Waals surface area contributed by atoms with Gasteiger partial charge in [0.1, 0.15) is 22.8 Å². The van der Waals surface area contributed by atoms with Gasteiger partial charge in [-0.15, -0.1) is 0 Å². The highest BCUT2D eigenvalue weighted by molar-refractivity contribution is 5.90. The molecule has 49 heavy (non-hydrogen) atoms. The number of carbonyl (C=O) groups is 2. The van der Waals surface area contributed by atoms with Gasteiger partial charge in [-0.25, -0.2) is 14.2 Å². The maximum absolute atomic E-state index is 14.7. The summed E-state index contributed by atoms with van der Waals surface area (Å²) >= 11 is 0. The Morgan fingerprint density at radius 2 is 1.63 bits per heavy atom. The molecule has 1 saturated carbocycles. The maximum Gasteiger partial charge on any atom is 0.408 e. The minimum Gasteiger partial charge on any atom is -0.444 e. The number of aryl methyl sites for hydroxylation is 1. The first-order chi connectivity index (χ1) is 23.5. The zero-order valence-corrected chi connectivity index (χ0v) is 29.8. The fourth-order valence-electron chi connectivity index (χ4n) is 9.78. The van der Waals surface area contributed by atoms with Crippen molar-refractivity contribution in [1.82, 2.24) is 24.7 Å². The van der Waals surface area contributed by atoms with Gasteiger partial charge in [-0.05, 0) is 127 Å². The predicted molar refractivity (Wildman–Crippen MR) is 190 cm³/mol. The Morgan fingerprint density at radius 3 is 2.31 bits per heavy atom. The van der Waals surface area contributed by atoms with Crippen LogP contribution in [0.5, 0.6) is 0 Å². The number of ether oxygens (including phenoxy) is 1. The summed E-state index contributed by atoms with van der Waals surface area (Å²) in [6, 6.07) is 17.2. The summed E-state index contributed by atoms with van der Waals surface area (Å²) in [6.07, 6.45) is 10.8. The molecule has 2 atom stereocenters. The van der Waals surface area contributed by atoms with Gasteiger partial charge < -0.3 is 19.5 Å². The Morgan fingerprint density at radius 1 is 0.939 bits per heavy atom. The Bertz CT molecular complexity index is 1650.